The van der Waals surface area contributed by atoms with Crippen LogP contribution in [0.4, 0.5) is 5.69 Å². The lowest BCUT2D eigenvalue weighted by Crippen LogP contribution is -2.19. The Labute approximate surface area is 131 Å². The van der Waals surface area contributed by atoms with Crippen molar-refractivity contribution in [2.75, 3.05) is 12.4 Å². The van der Waals surface area contributed by atoms with Gasteiger partial charge >= 0.3 is 5.97 Å². The third-order valence-electron chi connectivity index (χ3n) is 4.11. The van der Waals surface area contributed by atoms with E-state index in [2.05, 4.69) is 21.2 Å². The second-order valence-electron chi connectivity index (χ2n) is 5.90. The number of carboxylic acids is 1. The van der Waals surface area contributed by atoms with Gasteiger partial charge in [-0.05, 0) is 30.0 Å². The molecule has 0 saturated heterocycles. The van der Waals surface area contributed by atoms with Crippen molar-refractivity contribution in [1.29, 1.82) is 0 Å². The number of anilines is 1. The van der Waals surface area contributed by atoms with E-state index in [1.807, 2.05) is 13.0 Å². The molecule has 6 heteroatoms. The van der Waals surface area contributed by atoms with Crippen LogP contribution in [0.5, 0.6) is 5.75 Å². The average Bonchev–Trinajstić information content (AvgIpc) is 2.95. The Morgan fingerprint density at radius 1 is 1.33 bits per heavy atom. The monoisotopic (exact) mass is 355 g/mol. The zero-order valence-electron chi connectivity index (χ0n) is 12.4. The minimum Gasteiger partial charge on any atom is -0.495 e. The second kappa shape index (κ2) is 5.33. The highest BCUT2D eigenvalue weighted by molar-refractivity contribution is 9.10. The highest BCUT2D eigenvalue weighted by atomic mass is 79.9. The molecule has 0 aromatic heterocycles. The molecule has 0 radical (unpaired) electrons. The third-order valence-corrected chi connectivity index (χ3v) is 4.57. The quantitative estimate of drug-likeness (QED) is 0.870. The summed E-state index contributed by atoms with van der Waals surface area (Å²) in [5.74, 6) is -1.83. The van der Waals surface area contributed by atoms with Crippen molar-refractivity contribution in [2.24, 2.45) is 17.3 Å². The minimum absolute atomic E-state index is 0.281. The normalized spacial score (nSPS) is 22.5. The maximum Gasteiger partial charge on any atom is 0.307 e. The molecule has 0 spiro atoms. The van der Waals surface area contributed by atoms with Crippen molar-refractivity contribution in [3.8, 4) is 5.75 Å². The average molecular weight is 356 g/mol. The number of hydrogen-bond acceptors (Lipinski definition) is 3. The lowest BCUT2D eigenvalue weighted by molar-refractivity contribution is -0.140. The molecule has 0 aliphatic heterocycles. The summed E-state index contributed by atoms with van der Waals surface area (Å²) in [6, 6.07) is 3.63. The van der Waals surface area contributed by atoms with Crippen LogP contribution in [0.25, 0.3) is 0 Å². The van der Waals surface area contributed by atoms with Gasteiger partial charge in [-0.1, -0.05) is 29.8 Å². The highest BCUT2D eigenvalue weighted by Gasteiger charge is 2.65. The Morgan fingerprint density at radius 3 is 2.43 bits per heavy atom. The molecular weight excluding hydrogens is 338 g/mol. The molecule has 2 N–H and O–H groups in total. The summed E-state index contributed by atoms with van der Waals surface area (Å²) in [4.78, 5) is 23.5. The zero-order valence-corrected chi connectivity index (χ0v) is 13.9. The first-order valence-corrected chi connectivity index (χ1v) is 7.37. The van der Waals surface area contributed by atoms with Crippen molar-refractivity contribution < 1.29 is 19.4 Å². The smallest absolute Gasteiger partial charge is 0.307 e. The van der Waals surface area contributed by atoms with Gasteiger partial charge in [0.1, 0.15) is 5.75 Å². The zero-order chi connectivity index (χ0) is 15.9. The van der Waals surface area contributed by atoms with E-state index in [0.29, 0.717) is 11.4 Å². The third kappa shape index (κ3) is 2.77. The largest absolute Gasteiger partial charge is 0.495 e. The van der Waals surface area contributed by atoms with Gasteiger partial charge in [0.25, 0.3) is 0 Å². The van der Waals surface area contributed by atoms with Crippen LogP contribution < -0.4 is 10.1 Å². The number of carboxylic acid groups (broad SMARTS) is 1. The summed E-state index contributed by atoms with van der Waals surface area (Å²) < 4.78 is 6.13. The van der Waals surface area contributed by atoms with Gasteiger partial charge in [-0.2, -0.15) is 0 Å². The predicted molar refractivity (Wildman–Crippen MR) is 82.5 cm³/mol. The van der Waals surface area contributed by atoms with Crippen LogP contribution in [0, 0.1) is 24.2 Å². The number of carbonyl (C=O) groups is 2. The molecule has 2 unspecified atom stereocenters. The van der Waals surface area contributed by atoms with Gasteiger partial charge < -0.3 is 15.2 Å². The fourth-order valence-electron chi connectivity index (χ4n) is 2.82. The number of nitrogens with one attached hydrogen (secondary N) is 1. The van der Waals surface area contributed by atoms with Crippen molar-refractivity contribution >= 4 is 33.5 Å². The molecule has 2 atom stereocenters. The lowest BCUT2D eigenvalue weighted by Gasteiger charge is -2.14. The molecule has 114 valence electrons. The SMILES string of the molecule is COc1cc(Br)cc(C)c1NC(=O)C1C(C(=O)O)C1(C)C. The first-order valence-electron chi connectivity index (χ1n) is 6.58. The fraction of sp³-hybridized carbons (Fsp3) is 0.467. The fourth-order valence-corrected chi connectivity index (χ4v) is 3.37. The van der Waals surface area contributed by atoms with E-state index in [0.717, 1.165) is 10.0 Å². The van der Waals surface area contributed by atoms with Crippen LogP contribution in [-0.2, 0) is 9.59 Å². The van der Waals surface area contributed by atoms with Gasteiger partial charge in [-0.25, -0.2) is 0 Å². The molecular formula is C15H18BrNO4. The summed E-state index contributed by atoms with van der Waals surface area (Å²) in [6.45, 7) is 5.44. The van der Waals surface area contributed by atoms with Crippen LogP contribution >= 0.6 is 15.9 Å². The summed E-state index contributed by atoms with van der Waals surface area (Å²) in [5.41, 5.74) is 0.907. The molecule has 1 aliphatic rings. The number of aryl methyl sites for hydroxylation is 1. The lowest BCUT2D eigenvalue weighted by atomic mass is 10.1. The van der Waals surface area contributed by atoms with Crippen LogP contribution in [0.15, 0.2) is 16.6 Å². The molecule has 1 aromatic rings. The van der Waals surface area contributed by atoms with Crippen molar-refractivity contribution in [3.05, 3.63) is 22.2 Å². The number of aliphatic carboxylic acids is 1. The Hall–Kier alpha value is -1.56. The molecule has 21 heavy (non-hydrogen) atoms. The van der Waals surface area contributed by atoms with E-state index >= 15 is 0 Å². The number of methoxy groups -OCH3 is 1. The van der Waals surface area contributed by atoms with E-state index in [1.54, 1.807) is 19.9 Å². The first kappa shape index (κ1) is 15.8. The van der Waals surface area contributed by atoms with Crippen LogP contribution in [0.1, 0.15) is 19.4 Å². The Bertz CT molecular complexity index is 612. The second-order valence-corrected chi connectivity index (χ2v) is 6.82. The Balaban J connectivity index is 2.24. The van der Waals surface area contributed by atoms with Gasteiger partial charge in [0, 0.05) is 4.47 Å². The van der Waals surface area contributed by atoms with Crippen molar-refractivity contribution in [2.45, 2.75) is 20.8 Å². The number of amides is 1. The molecule has 0 heterocycles. The van der Waals surface area contributed by atoms with Gasteiger partial charge in [-0.15, -0.1) is 0 Å². The molecule has 5 nitrogen and oxygen atoms in total. The van der Waals surface area contributed by atoms with E-state index < -0.39 is 23.2 Å². The van der Waals surface area contributed by atoms with E-state index in [4.69, 9.17) is 9.84 Å². The predicted octanol–water partition coefficient (Wildman–Crippen LogP) is 3.06. The number of ether oxygens (including phenoxy) is 1. The van der Waals surface area contributed by atoms with Crippen LogP contribution in [0.3, 0.4) is 0 Å². The Morgan fingerprint density at radius 2 is 1.95 bits per heavy atom. The summed E-state index contributed by atoms with van der Waals surface area (Å²) in [7, 11) is 1.53. The van der Waals surface area contributed by atoms with Crippen LogP contribution in [0.2, 0.25) is 0 Å². The standard InChI is InChI=1S/C15H18BrNO4/c1-7-5-8(16)6-9(21-4)12(7)17-13(18)10-11(14(19)20)15(10,2)3/h5-6,10-11H,1-4H3,(H,17,18)(H,19,20). The summed E-state index contributed by atoms with van der Waals surface area (Å²) in [5, 5.41) is 12.0. The van der Waals surface area contributed by atoms with E-state index in [-0.39, 0.29) is 5.91 Å². The maximum absolute atomic E-state index is 12.4. The van der Waals surface area contributed by atoms with Gasteiger partial charge in [0.2, 0.25) is 5.91 Å². The van der Waals surface area contributed by atoms with E-state index in [1.165, 1.54) is 7.11 Å². The summed E-state index contributed by atoms with van der Waals surface area (Å²) >= 11 is 3.37. The van der Waals surface area contributed by atoms with Crippen molar-refractivity contribution in [1.82, 2.24) is 0 Å². The molecule has 2 rings (SSSR count). The topological polar surface area (TPSA) is 75.6 Å². The maximum atomic E-state index is 12.4. The molecule has 0 bridgehead atoms. The number of carbonyl (C=O) groups excluding carboxylic acids is 1. The number of halogens is 1. The van der Waals surface area contributed by atoms with Crippen molar-refractivity contribution in [3.63, 3.8) is 0 Å². The molecule has 1 saturated carbocycles. The van der Waals surface area contributed by atoms with Gasteiger partial charge in [-0.3, -0.25) is 9.59 Å². The number of benzene rings is 1. The summed E-state index contributed by atoms with van der Waals surface area (Å²) in [6.07, 6.45) is 0. The number of rotatable bonds is 4. The molecule has 1 aliphatic carbocycles. The first-order chi connectivity index (χ1) is 9.70. The molecule has 1 amide bonds. The number of hydrogen-bond donors (Lipinski definition) is 2. The van der Waals surface area contributed by atoms with Crippen LogP contribution in [-0.4, -0.2) is 24.1 Å². The minimum atomic E-state index is -0.931. The van der Waals surface area contributed by atoms with E-state index in [9.17, 15) is 9.59 Å². The Kier molecular flexibility index (Phi) is 4.02. The van der Waals surface area contributed by atoms with Gasteiger partial charge in [0.15, 0.2) is 0 Å². The highest BCUT2D eigenvalue weighted by Crippen LogP contribution is 2.58. The molecule has 1 aromatic carbocycles. The van der Waals surface area contributed by atoms with Gasteiger partial charge in [0.05, 0.1) is 24.6 Å². The molecule has 1 fully saturated rings.